The molecule has 0 atom stereocenters. The maximum atomic E-state index is 5.17. The van der Waals surface area contributed by atoms with Crippen molar-refractivity contribution >= 4 is 0 Å². The van der Waals surface area contributed by atoms with Crippen LogP contribution in [0.5, 0.6) is 0 Å². The number of nitrogens with zero attached hydrogens (tertiary/aromatic N) is 3. The van der Waals surface area contributed by atoms with E-state index in [0.717, 1.165) is 17.2 Å². The van der Waals surface area contributed by atoms with Gasteiger partial charge in [-0.25, -0.2) is 4.98 Å². The fraction of sp³-hybridized carbons (Fsp3) is 0.231. The van der Waals surface area contributed by atoms with Gasteiger partial charge in [0.15, 0.2) is 5.82 Å². The molecule has 17 heavy (non-hydrogen) atoms. The van der Waals surface area contributed by atoms with Gasteiger partial charge in [0.05, 0.1) is 13.1 Å². The van der Waals surface area contributed by atoms with Crippen LogP contribution >= 0.6 is 0 Å². The molecular weight excluding hydrogens is 212 g/mol. The van der Waals surface area contributed by atoms with Crippen LogP contribution in [0.3, 0.4) is 0 Å². The molecule has 4 nitrogen and oxygen atoms in total. The number of nitrogens with one attached hydrogen (secondary N) is 1. The highest BCUT2D eigenvalue weighted by atomic mass is 15.3. The van der Waals surface area contributed by atoms with Gasteiger partial charge in [0, 0.05) is 12.6 Å². The highest BCUT2D eigenvalue weighted by Crippen LogP contribution is 2.14. The Morgan fingerprint density at radius 1 is 1.35 bits per heavy atom. The van der Waals surface area contributed by atoms with Crippen LogP contribution in [0, 0.1) is 12.3 Å². The van der Waals surface area contributed by atoms with E-state index in [-0.39, 0.29) is 0 Å². The van der Waals surface area contributed by atoms with Gasteiger partial charge in [0.1, 0.15) is 5.82 Å². The second-order valence-corrected chi connectivity index (χ2v) is 3.65. The fourth-order valence-corrected chi connectivity index (χ4v) is 1.53. The predicted octanol–water partition coefficient (Wildman–Crippen LogP) is 1.20. The number of hydrogen-bond donors (Lipinski definition) is 1. The standard InChI is InChI=1S/C13H14N4/c1-3-9-14-10-12-15-13(16-17(12)2)11-7-5-4-6-8-11/h1,4-8,14H,9-10H2,2H3. The summed E-state index contributed by atoms with van der Waals surface area (Å²) >= 11 is 0. The normalized spacial score (nSPS) is 10.1. The maximum Gasteiger partial charge on any atom is 0.181 e. The van der Waals surface area contributed by atoms with Gasteiger partial charge >= 0.3 is 0 Å². The molecule has 0 aliphatic carbocycles. The number of terminal acetylenes is 1. The minimum Gasteiger partial charge on any atom is -0.299 e. The Kier molecular flexibility index (Phi) is 3.53. The molecule has 0 unspecified atom stereocenters. The molecule has 0 aliphatic heterocycles. The van der Waals surface area contributed by atoms with Crippen LogP contribution in [0.15, 0.2) is 30.3 Å². The molecule has 0 radical (unpaired) electrons. The van der Waals surface area contributed by atoms with Gasteiger partial charge in [-0.15, -0.1) is 6.42 Å². The van der Waals surface area contributed by atoms with Crippen LogP contribution in [0.2, 0.25) is 0 Å². The van der Waals surface area contributed by atoms with Gasteiger partial charge in [-0.1, -0.05) is 36.3 Å². The lowest BCUT2D eigenvalue weighted by atomic mass is 10.2. The van der Waals surface area contributed by atoms with E-state index in [1.807, 2.05) is 37.4 Å². The molecule has 86 valence electrons. The van der Waals surface area contributed by atoms with Gasteiger partial charge in [-0.3, -0.25) is 10.00 Å². The van der Waals surface area contributed by atoms with Gasteiger partial charge in [0.2, 0.25) is 0 Å². The number of benzene rings is 1. The molecular formula is C13H14N4. The van der Waals surface area contributed by atoms with Crippen molar-refractivity contribution in [3.8, 4) is 23.7 Å². The zero-order valence-corrected chi connectivity index (χ0v) is 9.72. The summed E-state index contributed by atoms with van der Waals surface area (Å²) in [6.45, 7) is 1.16. The van der Waals surface area contributed by atoms with E-state index >= 15 is 0 Å². The lowest BCUT2D eigenvalue weighted by Gasteiger charge is -1.98. The fourth-order valence-electron chi connectivity index (χ4n) is 1.53. The Morgan fingerprint density at radius 2 is 2.12 bits per heavy atom. The van der Waals surface area contributed by atoms with Crippen molar-refractivity contribution in [3.63, 3.8) is 0 Å². The first kappa shape index (κ1) is 11.4. The van der Waals surface area contributed by atoms with Crippen LogP contribution in [-0.2, 0) is 13.6 Å². The molecule has 0 amide bonds. The predicted molar refractivity (Wildman–Crippen MR) is 67.0 cm³/mol. The largest absolute Gasteiger partial charge is 0.299 e. The van der Waals surface area contributed by atoms with E-state index in [9.17, 15) is 0 Å². The highest BCUT2D eigenvalue weighted by molar-refractivity contribution is 5.53. The summed E-state index contributed by atoms with van der Waals surface area (Å²) in [4.78, 5) is 4.47. The van der Waals surface area contributed by atoms with Crippen LogP contribution < -0.4 is 5.32 Å². The SMILES string of the molecule is C#CCNCc1nc(-c2ccccc2)nn1C. The maximum absolute atomic E-state index is 5.17. The van der Waals surface area contributed by atoms with Crippen molar-refractivity contribution in [1.29, 1.82) is 0 Å². The summed E-state index contributed by atoms with van der Waals surface area (Å²) in [5, 5.41) is 7.47. The molecule has 1 aromatic heterocycles. The van der Waals surface area contributed by atoms with E-state index in [4.69, 9.17) is 6.42 Å². The van der Waals surface area contributed by atoms with Crippen molar-refractivity contribution in [2.75, 3.05) is 6.54 Å². The van der Waals surface area contributed by atoms with E-state index < -0.39 is 0 Å². The van der Waals surface area contributed by atoms with Gasteiger partial charge in [-0.2, -0.15) is 5.10 Å². The average molecular weight is 226 g/mol. The molecule has 0 fully saturated rings. The van der Waals surface area contributed by atoms with E-state index in [0.29, 0.717) is 13.1 Å². The second kappa shape index (κ2) is 5.28. The molecule has 0 saturated heterocycles. The first-order chi connectivity index (χ1) is 8.31. The Morgan fingerprint density at radius 3 is 2.82 bits per heavy atom. The third-order valence-corrected chi connectivity index (χ3v) is 2.40. The first-order valence-electron chi connectivity index (χ1n) is 5.41. The molecule has 2 aromatic rings. The monoisotopic (exact) mass is 226 g/mol. The molecule has 1 heterocycles. The Balaban J connectivity index is 2.17. The minimum absolute atomic E-state index is 0.535. The summed E-state index contributed by atoms with van der Waals surface area (Å²) in [5.41, 5.74) is 1.02. The third-order valence-electron chi connectivity index (χ3n) is 2.40. The summed E-state index contributed by atoms with van der Waals surface area (Å²) in [7, 11) is 1.88. The van der Waals surface area contributed by atoms with Gasteiger partial charge in [0.25, 0.3) is 0 Å². The van der Waals surface area contributed by atoms with Crippen LogP contribution in [0.1, 0.15) is 5.82 Å². The van der Waals surface area contributed by atoms with Crippen molar-refractivity contribution in [2.45, 2.75) is 6.54 Å². The zero-order valence-electron chi connectivity index (χ0n) is 9.72. The quantitative estimate of drug-likeness (QED) is 0.629. The van der Waals surface area contributed by atoms with Crippen molar-refractivity contribution in [2.24, 2.45) is 7.05 Å². The molecule has 4 heteroatoms. The number of hydrogen-bond acceptors (Lipinski definition) is 3. The number of aromatic nitrogens is 3. The van der Waals surface area contributed by atoms with Crippen LogP contribution in [0.25, 0.3) is 11.4 Å². The molecule has 0 aliphatic rings. The van der Waals surface area contributed by atoms with E-state index in [2.05, 4.69) is 21.3 Å². The van der Waals surface area contributed by atoms with Gasteiger partial charge < -0.3 is 0 Å². The molecule has 2 rings (SSSR count). The molecule has 1 N–H and O–H groups in total. The van der Waals surface area contributed by atoms with Crippen LogP contribution in [-0.4, -0.2) is 21.3 Å². The Bertz CT molecular complexity index is 522. The molecule has 0 bridgehead atoms. The third kappa shape index (κ3) is 2.71. The molecule has 0 spiro atoms. The van der Waals surface area contributed by atoms with Crippen molar-refractivity contribution < 1.29 is 0 Å². The average Bonchev–Trinajstić information content (AvgIpc) is 2.73. The molecule has 1 aromatic carbocycles. The zero-order chi connectivity index (χ0) is 12.1. The lowest BCUT2D eigenvalue weighted by Crippen LogP contribution is -2.16. The number of aryl methyl sites for hydroxylation is 1. The van der Waals surface area contributed by atoms with Crippen molar-refractivity contribution in [3.05, 3.63) is 36.2 Å². The van der Waals surface area contributed by atoms with Crippen LogP contribution in [0.4, 0.5) is 0 Å². The summed E-state index contributed by atoms with van der Waals surface area (Å²) in [6, 6.07) is 9.91. The van der Waals surface area contributed by atoms with Crippen molar-refractivity contribution in [1.82, 2.24) is 20.1 Å². The summed E-state index contributed by atoms with van der Waals surface area (Å²) in [6.07, 6.45) is 5.17. The number of rotatable bonds is 4. The molecule has 0 saturated carbocycles. The smallest absolute Gasteiger partial charge is 0.181 e. The summed E-state index contributed by atoms with van der Waals surface area (Å²) < 4.78 is 1.77. The highest BCUT2D eigenvalue weighted by Gasteiger charge is 2.07. The lowest BCUT2D eigenvalue weighted by molar-refractivity contribution is 0.646. The van der Waals surface area contributed by atoms with E-state index in [1.54, 1.807) is 4.68 Å². The summed E-state index contributed by atoms with van der Waals surface area (Å²) in [5.74, 6) is 4.14. The minimum atomic E-state index is 0.535. The van der Waals surface area contributed by atoms with Gasteiger partial charge in [-0.05, 0) is 0 Å². The Labute approximate surface area is 101 Å². The second-order valence-electron chi connectivity index (χ2n) is 3.65. The van der Waals surface area contributed by atoms with E-state index in [1.165, 1.54) is 0 Å². The topological polar surface area (TPSA) is 42.7 Å². The Hall–Kier alpha value is -2.12. The first-order valence-corrected chi connectivity index (χ1v) is 5.41.